The lowest BCUT2D eigenvalue weighted by molar-refractivity contribution is 0.0593. The highest BCUT2D eigenvalue weighted by Gasteiger charge is 2.44. The first-order chi connectivity index (χ1) is 7.78. The molecule has 0 saturated carbocycles. The highest BCUT2D eigenvalue weighted by atomic mass is 15.3. The summed E-state index contributed by atoms with van der Waals surface area (Å²) in [5, 5.41) is 0. The van der Waals surface area contributed by atoms with Crippen molar-refractivity contribution in [3.63, 3.8) is 0 Å². The molecule has 3 rings (SSSR count). The van der Waals surface area contributed by atoms with E-state index in [1.807, 2.05) is 0 Å². The number of hydrogen-bond donors (Lipinski definition) is 0. The van der Waals surface area contributed by atoms with Gasteiger partial charge in [-0.3, -0.25) is 4.90 Å². The summed E-state index contributed by atoms with van der Waals surface area (Å²) < 4.78 is 0. The van der Waals surface area contributed by atoms with Crippen LogP contribution in [-0.4, -0.2) is 16.5 Å². The predicted molar refractivity (Wildman–Crippen MR) is 67.3 cm³/mol. The smallest absolute Gasteiger partial charge is 0.0242 e. The van der Waals surface area contributed by atoms with Crippen LogP contribution in [0.4, 0.5) is 0 Å². The van der Waals surface area contributed by atoms with Crippen molar-refractivity contribution in [2.75, 3.05) is 0 Å². The highest BCUT2D eigenvalue weighted by Crippen LogP contribution is 2.44. The summed E-state index contributed by atoms with van der Waals surface area (Å²) in [5.74, 6) is 0. The third kappa shape index (κ3) is 1.67. The molecule has 0 aromatic heterocycles. The van der Waals surface area contributed by atoms with Crippen molar-refractivity contribution in [1.82, 2.24) is 4.90 Å². The fraction of sp³-hybridized carbons (Fsp3) is 0.600. The Bertz CT molecular complexity index is 355. The molecule has 2 fully saturated rings. The third-order valence-corrected chi connectivity index (χ3v) is 4.60. The molecule has 0 N–H and O–H groups in total. The summed E-state index contributed by atoms with van der Waals surface area (Å²) in [4.78, 5) is 2.77. The zero-order chi connectivity index (χ0) is 11.0. The second-order valence-electron chi connectivity index (χ2n) is 5.70. The number of piperidine rings is 1. The van der Waals surface area contributed by atoms with Gasteiger partial charge in [0.05, 0.1) is 0 Å². The SMILES string of the molecule is CC12CCCC(CC1)N2Cc1ccccc1. The second-order valence-corrected chi connectivity index (χ2v) is 5.70. The summed E-state index contributed by atoms with van der Waals surface area (Å²) in [6.45, 7) is 3.62. The first-order valence-corrected chi connectivity index (χ1v) is 6.59. The minimum atomic E-state index is 0.499. The molecular weight excluding hydrogens is 194 g/mol. The molecule has 2 unspecified atom stereocenters. The molecule has 0 aliphatic carbocycles. The van der Waals surface area contributed by atoms with Gasteiger partial charge in [-0.25, -0.2) is 0 Å². The standard InChI is InChI=1S/C15H21N/c1-15-10-5-8-14(9-11-15)16(15)12-13-6-3-2-4-7-13/h2-4,6-7,14H,5,8-12H2,1H3. The van der Waals surface area contributed by atoms with Crippen molar-refractivity contribution in [1.29, 1.82) is 0 Å². The van der Waals surface area contributed by atoms with Crippen LogP contribution in [-0.2, 0) is 6.54 Å². The van der Waals surface area contributed by atoms with Crippen LogP contribution in [0.25, 0.3) is 0 Å². The normalized spacial score (nSPS) is 34.2. The van der Waals surface area contributed by atoms with Gasteiger partial charge in [-0.05, 0) is 38.2 Å². The van der Waals surface area contributed by atoms with Gasteiger partial charge < -0.3 is 0 Å². The molecule has 2 atom stereocenters. The number of nitrogens with zero attached hydrogens (tertiary/aromatic N) is 1. The molecule has 2 bridgehead atoms. The van der Waals surface area contributed by atoms with Crippen molar-refractivity contribution in [3.05, 3.63) is 35.9 Å². The Balaban J connectivity index is 1.80. The van der Waals surface area contributed by atoms with Gasteiger partial charge in [0.15, 0.2) is 0 Å². The van der Waals surface area contributed by atoms with Crippen molar-refractivity contribution < 1.29 is 0 Å². The Morgan fingerprint density at radius 2 is 2.00 bits per heavy atom. The van der Waals surface area contributed by atoms with Crippen LogP contribution in [0.1, 0.15) is 44.6 Å². The molecule has 0 radical (unpaired) electrons. The second kappa shape index (κ2) is 3.89. The summed E-state index contributed by atoms with van der Waals surface area (Å²) in [6.07, 6.45) is 7.08. The summed E-state index contributed by atoms with van der Waals surface area (Å²) in [6, 6.07) is 11.8. The maximum atomic E-state index is 2.77. The molecule has 2 heterocycles. The van der Waals surface area contributed by atoms with Gasteiger partial charge in [0.2, 0.25) is 0 Å². The first-order valence-electron chi connectivity index (χ1n) is 6.59. The average Bonchev–Trinajstić information content (AvgIpc) is 2.50. The van der Waals surface area contributed by atoms with Crippen LogP contribution in [0.3, 0.4) is 0 Å². The van der Waals surface area contributed by atoms with Gasteiger partial charge in [0.25, 0.3) is 0 Å². The monoisotopic (exact) mass is 215 g/mol. The Kier molecular flexibility index (Phi) is 2.51. The van der Waals surface area contributed by atoms with E-state index in [0.29, 0.717) is 5.54 Å². The maximum absolute atomic E-state index is 2.77. The van der Waals surface area contributed by atoms with E-state index < -0.39 is 0 Å². The molecule has 1 aromatic carbocycles. The summed E-state index contributed by atoms with van der Waals surface area (Å²) >= 11 is 0. The van der Waals surface area contributed by atoms with Crippen LogP contribution in [0, 0.1) is 0 Å². The van der Waals surface area contributed by atoms with E-state index >= 15 is 0 Å². The average molecular weight is 215 g/mol. The van der Waals surface area contributed by atoms with Crippen molar-refractivity contribution in [3.8, 4) is 0 Å². The minimum Gasteiger partial charge on any atom is -0.291 e. The number of benzene rings is 1. The fourth-order valence-corrected chi connectivity index (χ4v) is 3.61. The molecule has 16 heavy (non-hydrogen) atoms. The lowest BCUT2D eigenvalue weighted by atomic mass is 9.90. The van der Waals surface area contributed by atoms with E-state index in [-0.39, 0.29) is 0 Å². The largest absolute Gasteiger partial charge is 0.291 e. The van der Waals surface area contributed by atoms with E-state index in [9.17, 15) is 0 Å². The molecule has 1 heteroatoms. The molecular formula is C15H21N. The van der Waals surface area contributed by atoms with Gasteiger partial charge >= 0.3 is 0 Å². The molecule has 2 aliphatic rings. The van der Waals surface area contributed by atoms with Gasteiger partial charge in [0.1, 0.15) is 0 Å². The van der Waals surface area contributed by atoms with Gasteiger partial charge in [-0.1, -0.05) is 36.8 Å². The summed E-state index contributed by atoms with van der Waals surface area (Å²) in [7, 11) is 0. The molecule has 0 spiro atoms. The topological polar surface area (TPSA) is 3.24 Å². The van der Waals surface area contributed by atoms with E-state index in [1.165, 1.54) is 37.7 Å². The van der Waals surface area contributed by atoms with Crippen molar-refractivity contribution in [2.45, 2.75) is 57.2 Å². The van der Waals surface area contributed by atoms with Crippen LogP contribution < -0.4 is 0 Å². The van der Waals surface area contributed by atoms with Gasteiger partial charge in [0, 0.05) is 18.1 Å². The molecule has 86 valence electrons. The molecule has 1 nitrogen and oxygen atoms in total. The number of hydrogen-bond acceptors (Lipinski definition) is 1. The molecule has 2 aliphatic heterocycles. The zero-order valence-electron chi connectivity index (χ0n) is 10.2. The van der Waals surface area contributed by atoms with Crippen LogP contribution in [0.15, 0.2) is 30.3 Å². The maximum Gasteiger partial charge on any atom is 0.0242 e. The van der Waals surface area contributed by atoms with Crippen LogP contribution in [0.5, 0.6) is 0 Å². The Morgan fingerprint density at radius 1 is 1.19 bits per heavy atom. The van der Waals surface area contributed by atoms with Gasteiger partial charge in [-0.15, -0.1) is 0 Å². The van der Waals surface area contributed by atoms with E-state index in [1.54, 1.807) is 0 Å². The third-order valence-electron chi connectivity index (χ3n) is 4.60. The zero-order valence-corrected chi connectivity index (χ0v) is 10.2. The molecule has 2 saturated heterocycles. The highest BCUT2D eigenvalue weighted by molar-refractivity contribution is 5.16. The minimum absolute atomic E-state index is 0.499. The first kappa shape index (κ1) is 10.3. The van der Waals surface area contributed by atoms with E-state index in [2.05, 4.69) is 42.2 Å². The lowest BCUT2D eigenvalue weighted by Crippen LogP contribution is -2.47. The Hall–Kier alpha value is -0.820. The van der Waals surface area contributed by atoms with Crippen molar-refractivity contribution >= 4 is 0 Å². The number of fused-ring (bicyclic) bond motifs is 2. The van der Waals surface area contributed by atoms with E-state index in [4.69, 9.17) is 0 Å². The quantitative estimate of drug-likeness (QED) is 0.728. The van der Waals surface area contributed by atoms with Crippen molar-refractivity contribution in [2.24, 2.45) is 0 Å². The van der Waals surface area contributed by atoms with E-state index in [0.717, 1.165) is 12.6 Å². The summed E-state index contributed by atoms with van der Waals surface area (Å²) in [5.41, 5.74) is 1.97. The Labute approximate surface area is 98.5 Å². The number of rotatable bonds is 2. The van der Waals surface area contributed by atoms with Crippen LogP contribution >= 0.6 is 0 Å². The Morgan fingerprint density at radius 3 is 2.75 bits per heavy atom. The van der Waals surface area contributed by atoms with Gasteiger partial charge in [-0.2, -0.15) is 0 Å². The lowest BCUT2D eigenvalue weighted by Gasteiger charge is -2.42. The fourth-order valence-electron chi connectivity index (χ4n) is 3.61. The predicted octanol–water partition coefficient (Wildman–Crippen LogP) is 3.59. The molecule has 0 amide bonds. The van der Waals surface area contributed by atoms with Crippen LogP contribution in [0.2, 0.25) is 0 Å². The molecule has 1 aromatic rings.